The van der Waals surface area contributed by atoms with Gasteiger partial charge in [-0.25, -0.2) is 0 Å². The molecule has 1 spiro atoms. The number of para-hydroxylation sites is 1. The molecule has 0 aliphatic carbocycles. The minimum absolute atomic E-state index is 0.0482. The van der Waals surface area contributed by atoms with Crippen LogP contribution in [0.1, 0.15) is 30.1 Å². The number of nitrogens with one attached hydrogen (secondary N) is 2. The van der Waals surface area contributed by atoms with Crippen molar-refractivity contribution in [2.24, 2.45) is 0 Å². The summed E-state index contributed by atoms with van der Waals surface area (Å²) in [5.41, 5.74) is 1.82. The minimum atomic E-state index is -0.368. The van der Waals surface area contributed by atoms with E-state index in [1.165, 1.54) is 4.90 Å². The van der Waals surface area contributed by atoms with Crippen LogP contribution in [0.4, 0.5) is 0 Å². The van der Waals surface area contributed by atoms with Crippen molar-refractivity contribution in [2.45, 2.75) is 31.6 Å². The molecule has 122 valence electrons. The first kappa shape index (κ1) is 14.9. The van der Waals surface area contributed by atoms with E-state index >= 15 is 0 Å². The van der Waals surface area contributed by atoms with Gasteiger partial charge in [0.1, 0.15) is 6.04 Å². The van der Waals surface area contributed by atoms with E-state index in [0.717, 1.165) is 42.4 Å². The van der Waals surface area contributed by atoms with Crippen molar-refractivity contribution in [3.8, 4) is 0 Å². The second kappa shape index (κ2) is 5.74. The molecule has 0 radical (unpaired) electrons. The maximum Gasteiger partial charge on any atom is 0.221 e. The number of rotatable bonds is 3. The number of H-pyrrole nitrogens is 1. The Labute approximate surface area is 135 Å². The van der Waals surface area contributed by atoms with Gasteiger partial charge in [-0.1, -0.05) is 18.2 Å². The Hall–Kier alpha value is -1.69. The predicted molar refractivity (Wildman–Crippen MR) is 86.7 cm³/mol. The number of hydrogen-bond acceptors (Lipinski definition) is 3. The standard InChI is InChI=1S/C18H22N2O3/c1-13(20-8-6-18(7-9-20)22-10-11-23-18)17(21)15-12-19-16-5-3-2-4-14(15)16/h2-5,12-13,19H,6-11H2,1H3/p+1/t13-/m0/s1. The fourth-order valence-corrected chi connectivity index (χ4v) is 3.86. The van der Waals surface area contributed by atoms with Gasteiger partial charge in [0.15, 0.2) is 5.79 Å². The quantitative estimate of drug-likeness (QED) is 0.836. The van der Waals surface area contributed by atoms with Crippen molar-refractivity contribution in [3.63, 3.8) is 0 Å². The summed E-state index contributed by atoms with van der Waals surface area (Å²) in [4.78, 5) is 17.4. The summed E-state index contributed by atoms with van der Waals surface area (Å²) in [6, 6.07) is 7.92. The van der Waals surface area contributed by atoms with Crippen molar-refractivity contribution >= 4 is 16.7 Å². The van der Waals surface area contributed by atoms with Crippen molar-refractivity contribution in [1.82, 2.24) is 4.98 Å². The first-order chi connectivity index (χ1) is 11.2. The van der Waals surface area contributed by atoms with Gasteiger partial charge in [-0.3, -0.25) is 4.79 Å². The van der Waals surface area contributed by atoms with E-state index in [2.05, 4.69) is 4.98 Å². The van der Waals surface area contributed by atoms with Crippen LogP contribution in [0.3, 0.4) is 0 Å². The molecule has 5 heteroatoms. The highest BCUT2D eigenvalue weighted by molar-refractivity contribution is 6.09. The van der Waals surface area contributed by atoms with E-state index in [9.17, 15) is 4.79 Å². The molecule has 5 nitrogen and oxygen atoms in total. The van der Waals surface area contributed by atoms with Gasteiger partial charge >= 0.3 is 0 Å². The fourth-order valence-electron chi connectivity index (χ4n) is 3.86. The van der Waals surface area contributed by atoms with Gasteiger partial charge in [0.25, 0.3) is 0 Å². The SMILES string of the molecule is C[C@@H](C(=O)c1c[nH]c2ccccc12)[NH+]1CCC2(CC1)OCCO2. The number of hydrogen-bond donors (Lipinski definition) is 2. The van der Waals surface area contributed by atoms with Crippen LogP contribution in [0, 0.1) is 0 Å². The number of carbonyl (C=O) groups excluding carboxylic acids is 1. The summed E-state index contributed by atoms with van der Waals surface area (Å²) in [6.07, 6.45) is 3.58. The van der Waals surface area contributed by atoms with E-state index in [0.29, 0.717) is 13.2 Å². The second-order valence-electron chi connectivity index (χ2n) is 6.60. The Morgan fingerprint density at radius 2 is 1.91 bits per heavy atom. The van der Waals surface area contributed by atoms with Gasteiger partial charge < -0.3 is 19.4 Å². The summed E-state index contributed by atoms with van der Waals surface area (Å²) in [6.45, 7) is 5.25. The van der Waals surface area contributed by atoms with Gasteiger partial charge in [0, 0.05) is 22.7 Å². The third-order valence-corrected chi connectivity index (χ3v) is 5.33. The highest BCUT2D eigenvalue weighted by atomic mass is 16.7. The molecule has 23 heavy (non-hydrogen) atoms. The smallest absolute Gasteiger partial charge is 0.221 e. The molecule has 1 aromatic heterocycles. The molecule has 0 amide bonds. The molecular formula is C18H23N2O3+. The molecule has 2 aliphatic rings. The van der Waals surface area contributed by atoms with Gasteiger partial charge in [-0.2, -0.15) is 0 Å². The number of piperidine rings is 1. The Balaban J connectivity index is 1.48. The summed E-state index contributed by atoms with van der Waals surface area (Å²) in [5, 5.41) is 1.01. The maximum absolute atomic E-state index is 12.9. The average molecular weight is 315 g/mol. The Bertz CT molecular complexity index is 708. The largest absolute Gasteiger partial charge is 0.360 e. The van der Waals surface area contributed by atoms with Crippen LogP contribution in [-0.4, -0.2) is 48.9 Å². The Morgan fingerprint density at radius 3 is 2.65 bits per heavy atom. The van der Waals surface area contributed by atoms with Crippen LogP contribution < -0.4 is 4.90 Å². The zero-order valence-electron chi connectivity index (χ0n) is 13.4. The van der Waals surface area contributed by atoms with Gasteiger partial charge in [-0.15, -0.1) is 0 Å². The zero-order chi connectivity index (χ0) is 15.9. The summed E-state index contributed by atoms with van der Waals surface area (Å²) in [7, 11) is 0. The Kier molecular flexibility index (Phi) is 3.71. The molecule has 2 fully saturated rings. The number of ether oxygens (including phenoxy) is 2. The number of quaternary nitrogens is 1. The molecule has 1 atom stereocenters. The molecule has 0 saturated carbocycles. The first-order valence-electron chi connectivity index (χ1n) is 8.41. The molecule has 2 aliphatic heterocycles. The average Bonchev–Trinajstić information content (AvgIpc) is 3.21. The fraction of sp³-hybridized carbons (Fsp3) is 0.500. The van der Waals surface area contributed by atoms with E-state index in [4.69, 9.17) is 9.47 Å². The minimum Gasteiger partial charge on any atom is -0.360 e. The monoisotopic (exact) mass is 315 g/mol. The van der Waals surface area contributed by atoms with E-state index in [1.807, 2.05) is 37.4 Å². The topological polar surface area (TPSA) is 55.8 Å². The lowest BCUT2D eigenvalue weighted by atomic mass is 9.98. The maximum atomic E-state index is 12.9. The summed E-state index contributed by atoms with van der Waals surface area (Å²) in [5.74, 6) is -0.158. The van der Waals surface area contributed by atoms with Crippen LogP contribution >= 0.6 is 0 Å². The number of fused-ring (bicyclic) bond motifs is 1. The van der Waals surface area contributed by atoms with E-state index < -0.39 is 0 Å². The van der Waals surface area contributed by atoms with Crippen LogP contribution in [0.2, 0.25) is 0 Å². The number of benzene rings is 1. The highest BCUT2D eigenvalue weighted by Gasteiger charge is 2.43. The van der Waals surface area contributed by atoms with Gasteiger partial charge in [0.2, 0.25) is 5.78 Å². The second-order valence-corrected chi connectivity index (χ2v) is 6.60. The molecule has 0 bridgehead atoms. The van der Waals surface area contributed by atoms with Crippen LogP contribution in [-0.2, 0) is 9.47 Å². The third-order valence-electron chi connectivity index (χ3n) is 5.33. The lowest BCUT2D eigenvalue weighted by Crippen LogP contribution is -3.17. The number of ketones is 1. The number of aromatic nitrogens is 1. The van der Waals surface area contributed by atoms with Gasteiger partial charge in [-0.05, 0) is 13.0 Å². The normalized spacial score (nSPS) is 22.7. The van der Waals surface area contributed by atoms with Crippen molar-refractivity contribution in [2.75, 3.05) is 26.3 Å². The van der Waals surface area contributed by atoms with Gasteiger partial charge in [0.05, 0.1) is 39.1 Å². The zero-order valence-corrected chi connectivity index (χ0v) is 13.4. The number of carbonyl (C=O) groups is 1. The lowest BCUT2D eigenvalue weighted by molar-refractivity contribution is -0.921. The van der Waals surface area contributed by atoms with E-state index in [-0.39, 0.29) is 17.6 Å². The molecular weight excluding hydrogens is 292 g/mol. The summed E-state index contributed by atoms with van der Waals surface area (Å²) >= 11 is 0. The molecule has 2 aromatic rings. The highest BCUT2D eigenvalue weighted by Crippen LogP contribution is 2.27. The molecule has 2 saturated heterocycles. The third kappa shape index (κ3) is 2.59. The molecule has 3 heterocycles. The predicted octanol–water partition coefficient (Wildman–Crippen LogP) is 1.16. The Morgan fingerprint density at radius 1 is 1.22 bits per heavy atom. The number of aromatic amines is 1. The van der Waals surface area contributed by atoms with E-state index in [1.54, 1.807) is 0 Å². The summed E-state index contributed by atoms with van der Waals surface area (Å²) < 4.78 is 11.5. The first-order valence-corrected chi connectivity index (χ1v) is 8.41. The van der Waals surface area contributed by atoms with Crippen LogP contribution in [0.5, 0.6) is 0 Å². The molecule has 1 aromatic carbocycles. The van der Waals surface area contributed by atoms with Crippen molar-refractivity contribution in [3.05, 3.63) is 36.0 Å². The lowest BCUT2D eigenvalue weighted by Gasteiger charge is -2.37. The van der Waals surface area contributed by atoms with Crippen molar-refractivity contribution < 1.29 is 19.2 Å². The molecule has 2 N–H and O–H groups in total. The number of likely N-dealkylation sites (tertiary alicyclic amines) is 1. The van der Waals surface area contributed by atoms with Crippen LogP contribution in [0.25, 0.3) is 10.9 Å². The number of Topliss-reactive ketones (excluding diaryl/α,β-unsaturated/α-hetero) is 1. The van der Waals surface area contributed by atoms with Crippen molar-refractivity contribution in [1.29, 1.82) is 0 Å². The molecule has 0 unspecified atom stereocenters. The van der Waals surface area contributed by atoms with Crippen LogP contribution in [0.15, 0.2) is 30.5 Å². The molecule has 4 rings (SSSR count).